The van der Waals surface area contributed by atoms with Crippen LogP contribution < -0.4 is 9.64 Å². The van der Waals surface area contributed by atoms with E-state index in [1.54, 1.807) is 7.11 Å². The van der Waals surface area contributed by atoms with Crippen molar-refractivity contribution in [3.05, 3.63) is 24.3 Å². The molecule has 6 heteroatoms. The fourth-order valence-corrected chi connectivity index (χ4v) is 3.40. The highest BCUT2D eigenvalue weighted by Crippen LogP contribution is 2.29. The second kappa shape index (κ2) is 6.58. The van der Waals surface area contributed by atoms with Crippen LogP contribution in [-0.4, -0.2) is 61.1 Å². The second-order valence-electron chi connectivity index (χ2n) is 5.98. The van der Waals surface area contributed by atoms with Crippen molar-refractivity contribution < 1.29 is 14.3 Å². The SMILES string of the molecule is COc1ccccc1N1CCN(C(C)N2C(=O)CCC2=O)CC1. The molecule has 0 saturated carbocycles. The lowest BCUT2D eigenvalue weighted by molar-refractivity contribution is -0.145. The molecular weight excluding hydrogens is 294 g/mol. The molecule has 2 saturated heterocycles. The molecule has 2 fully saturated rings. The van der Waals surface area contributed by atoms with E-state index in [9.17, 15) is 9.59 Å². The number of benzene rings is 1. The van der Waals surface area contributed by atoms with Gasteiger partial charge in [-0.15, -0.1) is 0 Å². The zero-order valence-corrected chi connectivity index (χ0v) is 13.7. The fraction of sp³-hybridized carbons (Fsp3) is 0.529. The number of methoxy groups -OCH3 is 1. The molecule has 0 bridgehead atoms. The van der Waals surface area contributed by atoms with Gasteiger partial charge in [0.15, 0.2) is 0 Å². The van der Waals surface area contributed by atoms with E-state index in [1.807, 2.05) is 25.1 Å². The molecular formula is C17H23N3O3. The largest absolute Gasteiger partial charge is 0.495 e. The molecule has 23 heavy (non-hydrogen) atoms. The van der Waals surface area contributed by atoms with Crippen LogP contribution in [0.15, 0.2) is 24.3 Å². The first-order valence-electron chi connectivity index (χ1n) is 8.08. The van der Waals surface area contributed by atoms with E-state index in [0.29, 0.717) is 12.8 Å². The van der Waals surface area contributed by atoms with E-state index >= 15 is 0 Å². The van der Waals surface area contributed by atoms with Crippen LogP contribution in [0.2, 0.25) is 0 Å². The summed E-state index contributed by atoms with van der Waals surface area (Å²) < 4.78 is 5.43. The van der Waals surface area contributed by atoms with Crippen molar-refractivity contribution >= 4 is 17.5 Å². The number of carbonyl (C=O) groups is 2. The van der Waals surface area contributed by atoms with Crippen molar-refractivity contribution in [1.29, 1.82) is 0 Å². The lowest BCUT2D eigenvalue weighted by Gasteiger charge is -2.41. The zero-order chi connectivity index (χ0) is 16.4. The van der Waals surface area contributed by atoms with Crippen LogP contribution in [0.4, 0.5) is 5.69 Å². The summed E-state index contributed by atoms with van der Waals surface area (Å²) >= 11 is 0. The van der Waals surface area contributed by atoms with Gasteiger partial charge in [-0.1, -0.05) is 12.1 Å². The lowest BCUT2D eigenvalue weighted by Crippen LogP contribution is -2.56. The van der Waals surface area contributed by atoms with Crippen molar-refractivity contribution in [2.24, 2.45) is 0 Å². The van der Waals surface area contributed by atoms with Gasteiger partial charge in [-0.2, -0.15) is 0 Å². The number of para-hydroxylation sites is 2. The van der Waals surface area contributed by atoms with Crippen LogP contribution in [0.3, 0.4) is 0 Å². The van der Waals surface area contributed by atoms with Crippen LogP contribution in [0.25, 0.3) is 0 Å². The van der Waals surface area contributed by atoms with Crippen molar-refractivity contribution in [3.8, 4) is 5.75 Å². The Morgan fingerprint density at radius 1 is 1.00 bits per heavy atom. The molecule has 0 spiro atoms. The van der Waals surface area contributed by atoms with Gasteiger partial charge in [0.1, 0.15) is 5.75 Å². The van der Waals surface area contributed by atoms with Gasteiger partial charge in [0, 0.05) is 39.0 Å². The van der Waals surface area contributed by atoms with Crippen molar-refractivity contribution in [2.45, 2.75) is 25.9 Å². The number of hydrogen-bond donors (Lipinski definition) is 0. The van der Waals surface area contributed by atoms with Gasteiger partial charge in [-0.05, 0) is 19.1 Å². The number of anilines is 1. The Kier molecular flexibility index (Phi) is 4.52. The van der Waals surface area contributed by atoms with Gasteiger partial charge >= 0.3 is 0 Å². The van der Waals surface area contributed by atoms with Gasteiger partial charge in [0.05, 0.1) is 19.0 Å². The fourth-order valence-electron chi connectivity index (χ4n) is 3.40. The first-order chi connectivity index (χ1) is 11.1. The van der Waals surface area contributed by atoms with Crippen LogP contribution in [-0.2, 0) is 9.59 Å². The Labute approximate surface area is 136 Å². The summed E-state index contributed by atoms with van der Waals surface area (Å²) in [6.45, 7) is 5.27. The predicted molar refractivity (Wildman–Crippen MR) is 87.3 cm³/mol. The summed E-state index contributed by atoms with van der Waals surface area (Å²) in [6.07, 6.45) is 0.548. The molecule has 2 heterocycles. The Hall–Kier alpha value is -2.08. The summed E-state index contributed by atoms with van der Waals surface area (Å²) in [7, 11) is 1.68. The number of hydrogen-bond acceptors (Lipinski definition) is 5. The minimum atomic E-state index is -0.155. The van der Waals surface area contributed by atoms with Gasteiger partial charge in [-0.3, -0.25) is 19.4 Å². The van der Waals surface area contributed by atoms with Crippen LogP contribution in [0.1, 0.15) is 19.8 Å². The third kappa shape index (κ3) is 3.03. The van der Waals surface area contributed by atoms with Crippen LogP contribution in [0.5, 0.6) is 5.75 Å². The van der Waals surface area contributed by atoms with E-state index < -0.39 is 0 Å². The normalized spacial score (nSPS) is 21.0. The van der Waals surface area contributed by atoms with Gasteiger partial charge in [0.25, 0.3) is 0 Å². The smallest absolute Gasteiger partial charge is 0.231 e. The lowest BCUT2D eigenvalue weighted by atomic mass is 10.2. The van der Waals surface area contributed by atoms with E-state index in [0.717, 1.165) is 37.6 Å². The average Bonchev–Trinajstić information content (AvgIpc) is 2.93. The summed E-state index contributed by atoms with van der Waals surface area (Å²) in [6, 6.07) is 8.00. The number of likely N-dealkylation sites (tertiary alicyclic amines) is 1. The number of rotatable bonds is 4. The van der Waals surface area contributed by atoms with Crippen molar-refractivity contribution in [1.82, 2.24) is 9.80 Å². The average molecular weight is 317 g/mol. The first kappa shape index (κ1) is 15.8. The van der Waals surface area contributed by atoms with E-state index in [4.69, 9.17) is 4.74 Å². The molecule has 1 atom stereocenters. The molecule has 2 amide bonds. The summed E-state index contributed by atoms with van der Waals surface area (Å²) in [5.41, 5.74) is 1.09. The Balaban J connectivity index is 1.64. The molecule has 1 unspecified atom stereocenters. The molecule has 6 nitrogen and oxygen atoms in total. The van der Waals surface area contributed by atoms with E-state index in [1.165, 1.54) is 4.90 Å². The van der Waals surface area contributed by atoms with E-state index in [2.05, 4.69) is 15.9 Å². The number of amides is 2. The van der Waals surface area contributed by atoms with Gasteiger partial charge in [0.2, 0.25) is 11.8 Å². The highest BCUT2D eigenvalue weighted by atomic mass is 16.5. The number of carbonyl (C=O) groups excluding carboxylic acids is 2. The molecule has 0 aliphatic carbocycles. The van der Waals surface area contributed by atoms with Crippen LogP contribution >= 0.6 is 0 Å². The minimum Gasteiger partial charge on any atom is -0.495 e. The second-order valence-corrected chi connectivity index (χ2v) is 5.98. The van der Waals surface area contributed by atoms with Crippen molar-refractivity contribution in [2.75, 3.05) is 38.2 Å². The van der Waals surface area contributed by atoms with Gasteiger partial charge in [-0.25, -0.2) is 0 Å². The third-order valence-electron chi connectivity index (χ3n) is 4.73. The highest BCUT2D eigenvalue weighted by molar-refractivity contribution is 6.02. The number of nitrogens with zero attached hydrogens (tertiary/aromatic N) is 3. The first-order valence-corrected chi connectivity index (χ1v) is 8.08. The van der Waals surface area contributed by atoms with Crippen molar-refractivity contribution in [3.63, 3.8) is 0 Å². The van der Waals surface area contributed by atoms with Crippen LogP contribution in [0, 0.1) is 0 Å². The Bertz CT molecular complexity index is 581. The maximum Gasteiger partial charge on any atom is 0.231 e. The maximum atomic E-state index is 11.9. The molecule has 124 valence electrons. The molecule has 0 aromatic heterocycles. The van der Waals surface area contributed by atoms with Gasteiger partial charge < -0.3 is 9.64 Å². The molecule has 1 aromatic carbocycles. The number of ether oxygens (including phenoxy) is 1. The Morgan fingerprint density at radius 3 is 2.22 bits per heavy atom. The number of piperazine rings is 1. The molecule has 0 N–H and O–H groups in total. The highest BCUT2D eigenvalue weighted by Gasteiger charge is 2.36. The topological polar surface area (TPSA) is 53.1 Å². The standard InChI is InChI=1S/C17H23N3O3/c1-13(20-16(21)7-8-17(20)22)18-9-11-19(12-10-18)14-5-3-4-6-15(14)23-2/h3-6,13H,7-12H2,1-2H3. The Morgan fingerprint density at radius 2 is 1.61 bits per heavy atom. The quantitative estimate of drug-likeness (QED) is 0.784. The molecule has 2 aliphatic rings. The zero-order valence-electron chi connectivity index (χ0n) is 13.7. The number of imide groups is 1. The monoisotopic (exact) mass is 317 g/mol. The maximum absolute atomic E-state index is 11.9. The summed E-state index contributed by atoms with van der Waals surface area (Å²) in [5, 5.41) is 0. The predicted octanol–water partition coefficient (Wildman–Crippen LogP) is 1.31. The molecule has 1 aromatic rings. The third-order valence-corrected chi connectivity index (χ3v) is 4.73. The van der Waals surface area contributed by atoms with E-state index in [-0.39, 0.29) is 18.0 Å². The minimum absolute atomic E-state index is 0.0466. The summed E-state index contributed by atoms with van der Waals surface area (Å²) in [4.78, 5) is 29.7. The summed E-state index contributed by atoms with van der Waals surface area (Å²) in [5.74, 6) is 0.781. The molecule has 0 radical (unpaired) electrons. The molecule has 2 aliphatic heterocycles. The molecule has 3 rings (SSSR count).